The Morgan fingerprint density at radius 1 is 1.04 bits per heavy atom. The molecule has 0 radical (unpaired) electrons. The quantitative estimate of drug-likeness (QED) is 0.741. The molecule has 8 heteroatoms. The van der Waals surface area contributed by atoms with Crippen LogP contribution in [0.3, 0.4) is 0 Å². The standard InChI is InChI=1S/C18H23N3O3S.ClH/c1-21(2)25(23,24)16-10-8-15(9-11-16)13-20-18(22)17(19)12-14-6-4-3-5-7-14;/h3-11,17H,12-13,19H2,1-2H3,(H,20,22);1H/t17-;/m0./s1. The molecule has 0 aromatic heterocycles. The third kappa shape index (κ3) is 5.81. The van der Waals surface area contributed by atoms with Crippen molar-refractivity contribution >= 4 is 28.3 Å². The highest BCUT2D eigenvalue weighted by Gasteiger charge is 2.17. The van der Waals surface area contributed by atoms with E-state index in [1.54, 1.807) is 12.1 Å². The van der Waals surface area contributed by atoms with Crippen molar-refractivity contribution in [2.75, 3.05) is 14.1 Å². The van der Waals surface area contributed by atoms with Gasteiger partial charge in [0.15, 0.2) is 0 Å². The van der Waals surface area contributed by atoms with Gasteiger partial charge >= 0.3 is 0 Å². The molecule has 0 heterocycles. The number of carbonyl (C=O) groups excluding carboxylic acids is 1. The van der Waals surface area contributed by atoms with Crippen molar-refractivity contribution in [1.82, 2.24) is 9.62 Å². The molecule has 0 aliphatic heterocycles. The van der Waals surface area contributed by atoms with Gasteiger partial charge in [-0.15, -0.1) is 12.4 Å². The highest BCUT2D eigenvalue weighted by molar-refractivity contribution is 7.89. The van der Waals surface area contributed by atoms with Gasteiger partial charge in [0.05, 0.1) is 10.9 Å². The minimum atomic E-state index is -3.45. The molecule has 0 unspecified atom stereocenters. The number of amides is 1. The van der Waals surface area contributed by atoms with Crippen molar-refractivity contribution in [3.05, 3.63) is 65.7 Å². The number of sulfonamides is 1. The first-order valence-corrected chi connectivity index (χ1v) is 9.33. The Balaban J connectivity index is 0.00000338. The van der Waals surface area contributed by atoms with Crippen LogP contribution in [0.5, 0.6) is 0 Å². The van der Waals surface area contributed by atoms with E-state index in [4.69, 9.17) is 5.73 Å². The molecule has 2 rings (SSSR count). The van der Waals surface area contributed by atoms with Gasteiger partial charge in [-0.3, -0.25) is 4.79 Å². The summed E-state index contributed by atoms with van der Waals surface area (Å²) in [5, 5.41) is 2.78. The Bertz CT molecular complexity index is 809. The van der Waals surface area contributed by atoms with Crippen LogP contribution in [-0.4, -0.2) is 38.8 Å². The summed E-state index contributed by atoms with van der Waals surface area (Å²) in [6.07, 6.45) is 0.465. The lowest BCUT2D eigenvalue weighted by Crippen LogP contribution is -2.41. The fourth-order valence-corrected chi connectivity index (χ4v) is 3.17. The van der Waals surface area contributed by atoms with E-state index < -0.39 is 16.1 Å². The molecule has 0 spiro atoms. The van der Waals surface area contributed by atoms with Crippen LogP contribution in [0, 0.1) is 0 Å². The van der Waals surface area contributed by atoms with E-state index in [-0.39, 0.29) is 23.2 Å². The van der Waals surface area contributed by atoms with Gasteiger partial charge in [0, 0.05) is 20.6 Å². The van der Waals surface area contributed by atoms with Crippen LogP contribution in [0.15, 0.2) is 59.5 Å². The van der Waals surface area contributed by atoms with E-state index >= 15 is 0 Å². The molecule has 2 aromatic carbocycles. The van der Waals surface area contributed by atoms with Gasteiger partial charge < -0.3 is 11.1 Å². The van der Waals surface area contributed by atoms with Gasteiger partial charge in [-0.05, 0) is 29.7 Å². The minimum absolute atomic E-state index is 0. The summed E-state index contributed by atoms with van der Waals surface area (Å²) in [5.74, 6) is -0.242. The summed E-state index contributed by atoms with van der Waals surface area (Å²) >= 11 is 0. The van der Waals surface area contributed by atoms with Crippen molar-refractivity contribution in [3.63, 3.8) is 0 Å². The molecule has 2 aromatic rings. The van der Waals surface area contributed by atoms with Crippen molar-refractivity contribution in [2.24, 2.45) is 5.73 Å². The van der Waals surface area contributed by atoms with Crippen molar-refractivity contribution in [1.29, 1.82) is 0 Å². The fourth-order valence-electron chi connectivity index (χ4n) is 2.27. The number of rotatable bonds is 7. The zero-order valence-electron chi connectivity index (χ0n) is 14.8. The topological polar surface area (TPSA) is 92.5 Å². The first-order valence-electron chi connectivity index (χ1n) is 7.89. The third-order valence-electron chi connectivity index (χ3n) is 3.80. The van der Waals surface area contributed by atoms with E-state index in [9.17, 15) is 13.2 Å². The Labute approximate surface area is 160 Å². The van der Waals surface area contributed by atoms with E-state index in [1.807, 2.05) is 30.3 Å². The number of hydrogen-bond acceptors (Lipinski definition) is 4. The molecule has 1 amide bonds. The second kappa shape index (κ2) is 9.68. The molecule has 26 heavy (non-hydrogen) atoms. The van der Waals surface area contributed by atoms with Crippen LogP contribution in [0.2, 0.25) is 0 Å². The summed E-state index contributed by atoms with van der Waals surface area (Å²) < 4.78 is 25.2. The average molecular weight is 398 g/mol. The molecule has 0 saturated carbocycles. The lowest BCUT2D eigenvalue weighted by atomic mass is 10.1. The number of hydrogen-bond donors (Lipinski definition) is 2. The minimum Gasteiger partial charge on any atom is -0.351 e. The molecule has 3 N–H and O–H groups in total. The average Bonchev–Trinajstić information content (AvgIpc) is 2.60. The van der Waals surface area contributed by atoms with E-state index in [0.717, 1.165) is 15.4 Å². The molecule has 0 aliphatic carbocycles. The number of nitrogens with zero attached hydrogens (tertiary/aromatic N) is 1. The molecular weight excluding hydrogens is 374 g/mol. The van der Waals surface area contributed by atoms with Gasteiger partial charge in [-0.1, -0.05) is 42.5 Å². The summed E-state index contributed by atoms with van der Waals surface area (Å²) in [4.78, 5) is 12.3. The smallest absolute Gasteiger partial charge is 0.242 e. The van der Waals surface area contributed by atoms with Crippen LogP contribution in [-0.2, 0) is 27.8 Å². The number of carbonyl (C=O) groups is 1. The second-order valence-corrected chi connectivity index (χ2v) is 8.10. The van der Waals surface area contributed by atoms with E-state index in [0.29, 0.717) is 13.0 Å². The summed E-state index contributed by atoms with van der Waals surface area (Å²) in [5.41, 5.74) is 7.74. The third-order valence-corrected chi connectivity index (χ3v) is 5.63. The molecule has 0 bridgehead atoms. The van der Waals surface area contributed by atoms with Crippen LogP contribution >= 0.6 is 12.4 Å². The van der Waals surface area contributed by atoms with Gasteiger partial charge in [0.1, 0.15) is 0 Å². The van der Waals surface area contributed by atoms with Crippen LogP contribution < -0.4 is 11.1 Å². The van der Waals surface area contributed by atoms with Crippen LogP contribution in [0.1, 0.15) is 11.1 Å². The molecular formula is C18H24ClN3O3S. The molecule has 142 valence electrons. The zero-order chi connectivity index (χ0) is 18.4. The normalized spacial score (nSPS) is 12.3. The molecule has 6 nitrogen and oxygen atoms in total. The monoisotopic (exact) mass is 397 g/mol. The summed E-state index contributed by atoms with van der Waals surface area (Å²) in [6, 6.07) is 15.4. The Kier molecular flexibility index (Phi) is 8.23. The predicted molar refractivity (Wildman–Crippen MR) is 105 cm³/mol. The van der Waals surface area contributed by atoms with E-state index in [2.05, 4.69) is 5.32 Å². The van der Waals surface area contributed by atoms with Gasteiger partial charge in [0.2, 0.25) is 15.9 Å². The predicted octanol–water partition coefficient (Wildman–Crippen LogP) is 1.54. The number of halogens is 1. The SMILES string of the molecule is CN(C)S(=O)(=O)c1ccc(CNC(=O)[C@@H](N)Cc2ccccc2)cc1.Cl. The van der Waals surface area contributed by atoms with Crippen LogP contribution in [0.4, 0.5) is 0 Å². The molecule has 0 fully saturated rings. The lowest BCUT2D eigenvalue weighted by Gasteiger charge is -2.13. The highest BCUT2D eigenvalue weighted by Crippen LogP contribution is 2.14. The highest BCUT2D eigenvalue weighted by atomic mass is 35.5. The first-order chi connectivity index (χ1) is 11.8. The van der Waals surface area contributed by atoms with Crippen molar-refractivity contribution in [2.45, 2.75) is 23.9 Å². The van der Waals surface area contributed by atoms with Crippen molar-refractivity contribution in [3.8, 4) is 0 Å². The summed E-state index contributed by atoms with van der Waals surface area (Å²) in [6.45, 7) is 0.295. The van der Waals surface area contributed by atoms with Crippen LogP contribution in [0.25, 0.3) is 0 Å². The number of nitrogens with one attached hydrogen (secondary N) is 1. The molecule has 0 saturated heterocycles. The Hall–Kier alpha value is -1.93. The van der Waals surface area contributed by atoms with E-state index in [1.165, 1.54) is 26.2 Å². The Morgan fingerprint density at radius 2 is 1.62 bits per heavy atom. The van der Waals surface area contributed by atoms with Gasteiger partial charge in [-0.2, -0.15) is 0 Å². The maximum Gasteiger partial charge on any atom is 0.242 e. The second-order valence-electron chi connectivity index (χ2n) is 5.95. The maximum atomic E-state index is 12.1. The largest absolute Gasteiger partial charge is 0.351 e. The number of nitrogens with two attached hydrogens (primary N) is 1. The Morgan fingerprint density at radius 3 is 2.15 bits per heavy atom. The van der Waals surface area contributed by atoms with Gasteiger partial charge in [0.25, 0.3) is 0 Å². The van der Waals surface area contributed by atoms with Gasteiger partial charge in [-0.25, -0.2) is 12.7 Å². The number of benzene rings is 2. The zero-order valence-corrected chi connectivity index (χ0v) is 16.4. The fraction of sp³-hybridized carbons (Fsp3) is 0.278. The lowest BCUT2D eigenvalue weighted by molar-refractivity contribution is -0.122. The summed E-state index contributed by atoms with van der Waals surface area (Å²) in [7, 11) is -0.480. The molecule has 0 aliphatic rings. The molecule has 1 atom stereocenters. The first kappa shape index (κ1) is 22.1. The van der Waals surface area contributed by atoms with Crippen molar-refractivity contribution < 1.29 is 13.2 Å². The maximum absolute atomic E-state index is 12.1.